The average molecular weight is 636 g/mol. The van der Waals surface area contributed by atoms with Crippen LogP contribution in [0.2, 0.25) is 0 Å². The number of hydrogen-bond donors (Lipinski definition) is 0. The average Bonchev–Trinajstić information content (AvgIpc) is 3.49. The summed E-state index contributed by atoms with van der Waals surface area (Å²) < 4.78 is 1.97. The van der Waals surface area contributed by atoms with Gasteiger partial charge in [0.25, 0.3) is 0 Å². The van der Waals surface area contributed by atoms with Crippen LogP contribution >= 0.6 is 31.9 Å². The number of tetrazole rings is 1. The molecule has 6 heteroatoms. The molecule has 39 heavy (non-hydrogen) atoms. The van der Waals surface area contributed by atoms with Crippen LogP contribution in [0.25, 0.3) is 22.5 Å². The van der Waals surface area contributed by atoms with E-state index in [1.807, 2.05) is 28.9 Å². The molecule has 0 saturated carbocycles. The molecule has 0 aliphatic heterocycles. The molecule has 0 bridgehead atoms. The Hall–Kier alpha value is -3.87. The van der Waals surface area contributed by atoms with Crippen molar-refractivity contribution in [1.82, 2.24) is 20.2 Å². The maximum Gasteiger partial charge on any atom is 0.184 e. The monoisotopic (exact) mass is 634 g/mol. The van der Waals surface area contributed by atoms with Crippen LogP contribution in [0.4, 0.5) is 0 Å². The lowest BCUT2D eigenvalue weighted by molar-refractivity contribution is 0.451. The first-order valence-corrected chi connectivity index (χ1v) is 14.5. The molecular formula is C33H24Br2N4. The van der Waals surface area contributed by atoms with Crippen LogP contribution in [-0.2, 0) is 5.54 Å². The maximum absolute atomic E-state index is 4.74. The fourth-order valence-electron chi connectivity index (χ4n) is 5.24. The summed E-state index contributed by atoms with van der Waals surface area (Å²) in [4.78, 5) is 0. The van der Waals surface area contributed by atoms with Gasteiger partial charge in [-0.15, -0.1) is 5.10 Å². The van der Waals surface area contributed by atoms with Crippen molar-refractivity contribution in [2.45, 2.75) is 9.28 Å². The Morgan fingerprint density at radius 1 is 0.564 bits per heavy atom. The fraction of sp³-hybridized carbons (Fsp3) is 0.0606. The Balaban J connectivity index is 1.72. The third-order valence-corrected chi connectivity index (χ3v) is 8.04. The molecule has 0 unspecified atom stereocenters. The third kappa shape index (κ3) is 4.64. The molecule has 0 atom stereocenters. The van der Waals surface area contributed by atoms with Gasteiger partial charge in [0.05, 0.1) is 3.74 Å². The van der Waals surface area contributed by atoms with Crippen molar-refractivity contribution in [1.29, 1.82) is 0 Å². The van der Waals surface area contributed by atoms with Gasteiger partial charge in [0.2, 0.25) is 0 Å². The molecule has 0 saturated heterocycles. The van der Waals surface area contributed by atoms with Gasteiger partial charge >= 0.3 is 0 Å². The smallest absolute Gasteiger partial charge is 0.184 e. The van der Waals surface area contributed by atoms with Crippen LogP contribution in [0.1, 0.15) is 26.0 Å². The fourth-order valence-corrected chi connectivity index (χ4v) is 5.81. The molecule has 4 nitrogen and oxygen atoms in total. The SMILES string of the molecule is BrC(Br)c1ccc(-c2ccccc2)c(-c2nnnn2C(c2ccccc2)(c2ccccc2)c2ccccc2)c1. The van der Waals surface area contributed by atoms with E-state index in [4.69, 9.17) is 5.21 Å². The number of nitrogens with zero attached hydrogens (tertiary/aromatic N) is 4. The van der Waals surface area contributed by atoms with Crippen molar-refractivity contribution >= 4 is 31.9 Å². The summed E-state index contributed by atoms with van der Waals surface area (Å²) in [5.41, 5.74) is 6.53. The second-order valence-electron chi connectivity index (χ2n) is 9.19. The second kappa shape index (κ2) is 11.1. The highest BCUT2D eigenvalue weighted by atomic mass is 79.9. The van der Waals surface area contributed by atoms with Crippen LogP contribution in [0, 0.1) is 0 Å². The zero-order chi connectivity index (χ0) is 26.7. The summed E-state index contributed by atoms with van der Waals surface area (Å²) in [5.74, 6) is 0.674. The van der Waals surface area contributed by atoms with Crippen molar-refractivity contribution < 1.29 is 0 Å². The third-order valence-electron chi connectivity index (χ3n) is 6.98. The molecule has 190 valence electrons. The molecule has 0 aliphatic carbocycles. The van der Waals surface area contributed by atoms with E-state index in [9.17, 15) is 0 Å². The molecule has 6 aromatic rings. The number of halogens is 2. The summed E-state index contributed by atoms with van der Waals surface area (Å²) >= 11 is 7.37. The highest BCUT2D eigenvalue weighted by Crippen LogP contribution is 2.44. The van der Waals surface area contributed by atoms with Gasteiger partial charge < -0.3 is 0 Å². The zero-order valence-electron chi connectivity index (χ0n) is 20.9. The molecule has 0 radical (unpaired) electrons. The Kier molecular flexibility index (Phi) is 7.22. The zero-order valence-corrected chi connectivity index (χ0v) is 24.1. The van der Waals surface area contributed by atoms with Crippen molar-refractivity contribution in [2.24, 2.45) is 0 Å². The summed E-state index contributed by atoms with van der Waals surface area (Å²) in [5, 5.41) is 13.7. The first-order chi connectivity index (χ1) is 19.2. The van der Waals surface area contributed by atoms with Gasteiger partial charge in [0.15, 0.2) is 5.82 Å². The predicted molar refractivity (Wildman–Crippen MR) is 164 cm³/mol. The largest absolute Gasteiger partial charge is 0.205 e. The highest BCUT2D eigenvalue weighted by Gasteiger charge is 2.42. The van der Waals surface area contributed by atoms with Gasteiger partial charge in [-0.1, -0.05) is 165 Å². The summed E-state index contributed by atoms with van der Waals surface area (Å²) in [7, 11) is 0. The molecule has 0 spiro atoms. The van der Waals surface area contributed by atoms with Crippen molar-refractivity contribution in [3.63, 3.8) is 0 Å². The normalized spacial score (nSPS) is 11.6. The lowest BCUT2D eigenvalue weighted by Gasteiger charge is -2.36. The van der Waals surface area contributed by atoms with Gasteiger partial charge in [-0.25, -0.2) is 4.68 Å². The van der Waals surface area contributed by atoms with E-state index in [1.54, 1.807) is 0 Å². The number of aromatic nitrogens is 4. The molecule has 1 aromatic heterocycles. The molecule has 0 fully saturated rings. The van der Waals surface area contributed by atoms with Gasteiger partial charge in [-0.3, -0.25) is 0 Å². The van der Waals surface area contributed by atoms with E-state index in [2.05, 4.69) is 157 Å². The predicted octanol–water partition coefficient (Wildman–Crippen LogP) is 8.64. The molecule has 0 aliphatic rings. The summed E-state index contributed by atoms with van der Waals surface area (Å²) in [6.07, 6.45) is 0. The molecular weight excluding hydrogens is 612 g/mol. The number of alkyl halides is 2. The van der Waals surface area contributed by atoms with Crippen LogP contribution in [0.3, 0.4) is 0 Å². The Labute approximate surface area is 244 Å². The molecule has 0 N–H and O–H groups in total. The minimum absolute atomic E-state index is 0.0139. The standard InChI is InChI=1S/C33H24Br2N4/c34-31(35)25-21-22-29(24-13-5-1-6-14-24)30(23-25)32-36-37-38-39(32)33(26-15-7-2-8-16-26,27-17-9-3-10-18-27)28-19-11-4-12-20-28/h1-23,31H. The minimum atomic E-state index is -0.825. The first kappa shape index (κ1) is 25.4. The quantitative estimate of drug-likeness (QED) is 0.130. The van der Waals surface area contributed by atoms with E-state index in [1.165, 1.54) is 0 Å². The van der Waals surface area contributed by atoms with E-state index in [0.717, 1.165) is 38.9 Å². The van der Waals surface area contributed by atoms with Crippen LogP contribution in [0.5, 0.6) is 0 Å². The van der Waals surface area contributed by atoms with Crippen molar-refractivity contribution in [3.05, 3.63) is 162 Å². The lowest BCUT2D eigenvalue weighted by atomic mass is 9.77. The topological polar surface area (TPSA) is 43.6 Å². The van der Waals surface area contributed by atoms with Gasteiger partial charge in [0, 0.05) is 5.56 Å². The molecule has 0 amide bonds. The van der Waals surface area contributed by atoms with Crippen LogP contribution < -0.4 is 0 Å². The van der Waals surface area contributed by atoms with Crippen molar-refractivity contribution in [3.8, 4) is 22.5 Å². The van der Waals surface area contributed by atoms with Crippen LogP contribution in [-0.4, -0.2) is 20.2 Å². The van der Waals surface area contributed by atoms with Crippen LogP contribution in [0.15, 0.2) is 140 Å². The Bertz CT molecular complexity index is 1570. The Morgan fingerprint density at radius 2 is 1.05 bits per heavy atom. The number of hydrogen-bond acceptors (Lipinski definition) is 3. The van der Waals surface area contributed by atoms with Gasteiger partial charge in [0.1, 0.15) is 5.54 Å². The minimum Gasteiger partial charge on any atom is -0.205 e. The van der Waals surface area contributed by atoms with E-state index < -0.39 is 5.54 Å². The molecule has 6 rings (SSSR count). The lowest BCUT2D eigenvalue weighted by Crippen LogP contribution is -2.39. The molecule has 5 aromatic carbocycles. The Morgan fingerprint density at radius 3 is 1.54 bits per heavy atom. The number of benzene rings is 5. The molecule has 1 heterocycles. The van der Waals surface area contributed by atoms with Gasteiger partial charge in [-0.05, 0) is 49.9 Å². The summed E-state index contributed by atoms with van der Waals surface area (Å²) in [6.45, 7) is 0. The van der Waals surface area contributed by atoms with Crippen molar-refractivity contribution in [2.75, 3.05) is 0 Å². The van der Waals surface area contributed by atoms with E-state index in [-0.39, 0.29) is 3.74 Å². The van der Waals surface area contributed by atoms with Gasteiger partial charge in [-0.2, -0.15) is 0 Å². The highest BCUT2D eigenvalue weighted by molar-refractivity contribution is 9.24. The first-order valence-electron chi connectivity index (χ1n) is 12.6. The summed E-state index contributed by atoms with van der Waals surface area (Å²) in [6, 6.07) is 48.2. The number of rotatable bonds is 7. The van der Waals surface area contributed by atoms with E-state index in [0.29, 0.717) is 5.82 Å². The second-order valence-corrected chi connectivity index (χ2v) is 12.3. The maximum atomic E-state index is 4.74. The van der Waals surface area contributed by atoms with E-state index >= 15 is 0 Å².